The van der Waals surface area contributed by atoms with E-state index in [1.165, 1.54) is 0 Å². The summed E-state index contributed by atoms with van der Waals surface area (Å²) in [7, 11) is 0. The van der Waals surface area contributed by atoms with Gasteiger partial charge in [-0.05, 0) is 68.7 Å². The number of benzene rings is 2. The van der Waals surface area contributed by atoms with Crippen molar-refractivity contribution in [1.82, 2.24) is 19.9 Å². The van der Waals surface area contributed by atoms with E-state index in [1.54, 1.807) is 18.3 Å². The molecular formula is C27H31N7O3. The quantitative estimate of drug-likeness (QED) is 0.291. The van der Waals surface area contributed by atoms with E-state index in [0.29, 0.717) is 35.0 Å². The van der Waals surface area contributed by atoms with E-state index < -0.39 is 5.76 Å². The molecule has 5 rings (SSSR count). The molecule has 192 valence electrons. The number of aryl methyl sites for hydroxylation is 1. The Morgan fingerprint density at radius 2 is 1.89 bits per heavy atom. The fraction of sp³-hybridized carbons (Fsp3) is 0.333. The maximum atomic E-state index is 13.3. The second-order valence-corrected chi connectivity index (χ2v) is 9.44. The standard InChI is InChI=1S/C27H31N7O3/c1-4-27(5-2)22(28)12-13-34(27)24(35)17-6-8-18(9-7-17)31-25-29-15-16(3)23(33-25)30-19-10-11-21-20(14-19)32-26(36)37-21/h6-11,14-15,22H,4-5,12-13,28H2,1-3H3,(H,32,36)(H2,29,30,31,33). The van der Waals surface area contributed by atoms with Crippen LogP contribution in [0.5, 0.6) is 0 Å². The Kier molecular flexibility index (Phi) is 6.43. The number of nitrogens with one attached hydrogen (secondary N) is 3. The van der Waals surface area contributed by atoms with Gasteiger partial charge in [0.1, 0.15) is 5.82 Å². The van der Waals surface area contributed by atoms with E-state index >= 15 is 0 Å². The van der Waals surface area contributed by atoms with Crippen molar-refractivity contribution in [2.24, 2.45) is 5.73 Å². The average Bonchev–Trinajstić information content (AvgIpc) is 3.44. The SMILES string of the molecule is CCC1(CC)C(N)CCN1C(=O)c1ccc(Nc2ncc(C)c(Nc3ccc4oc(=O)[nH]c4c3)n2)cc1. The molecule has 0 bridgehead atoms. The van der Waals surface area contributed by atoms with E-state index in [4.69, 9.17) is 10.2 Å². The van der Waals surface area contributed by atoms with Gasteiger partial charge >= 0.3 is 5.76 Å². The molecule has 5 N–H and O–H groups in total. The maximum Gasteiger partial charge on any atom is 0.417 e. The number of carbonyl (C=O) groups excluding carboxylic acids is 1. The zero-order valence-corrected chi connectivity index (χ0v) is 21.2. The Hall–Kier alpha value is -4.18. The fourth-order valence-electron chi connectivity index (χ4n) is 5.20. The topological polar surface area (TPSA) is 142 Å². The first kappa shape index (κ1) is 24.5. The Balaban J connectivity index is 1.31. The van der Waals surface area contributed by atoms with Crippen LogP contribution < -0.4 is 22.1 Å². The number of fused-ring (bicyclic) bond motifs is 1. The van der Waals surface area contributed by atoms with Gasteiger partial charge in [0.05, 0.1) is 11.1 Å². The number of oxazole rings is 1. The number of rotatable bonds is 7. The highest BCUT2D eigenvalue weighted by atomic mass is 16.4. The van der Waals surface area contributed by atoms with Crippen molar-refractivity contribution in [3.8, 4) is 0 Å². The summed E-state index contributed by atoms with van der Waals surface area (Å²) in [6.45, 7) is 6.78. The van der Waals surface area contributed by atoms with Gasteiger partial charge < -0.3 is 25.7 Å². The number of aromatic amines is 1. The van der Waals surface area contributed by atoms with Gasteiger partial charge in [0.25, 0.3) is 5.91 Å². The van der Waals surface area contributed by atoms with Crippen molar-refractivity contribution in [3.63, 3.8) is 0 Å². The van der Waals surface area contributed by atoms with Crippen LogP contribution in [0.3, 0.4) is 0 Å². The summed E-state index contributed by atoms with van der Waals surface area (Å²) in [6.07, 6.45) is 4.22. The molecule has 4 aromatic rings. The first-order valence-corrected chi connectivity index (χ1v) is 12.5. The average molecular weight is 502 g/mol. The van der Waals surface area contributed by atoms with Crippen molar-refractivity contribution in [3.05, 3.63) is 70.3 Å². The second kappa shape index (κ2) is 9.70. The number of amides is 1. The lowest BCUT2D eigenvalue weighted by Crippen LogP contribution is -2.54. The van der Waals surface area contributed by atoms with Crippen molar-refractivity contribution in [1.29, 1.82) is 0 Å². The van der Waals surface area contributed by atoms with Crippen LogP contribution in [0.25, 0.3) is 11.1 Å². The Morgan fingerprint density at radius 1 is 1.16 bits per heavy atom. The molecule has 1 amide bonds. The minimum Gasteiger partial charge on any atom is -0.408 e. The summed E-state index contributed by atoms with van der Waals surface area (Å²) in [5.74, 6) is 0.544. The molecule has 0 radical (unpaired) electrons. The lowest BCUT2D eigenvalue weighted by Gasteiger charge is -2.40. The zero-order chi connectivity index (χ0) is 26.2. The Morgan fingerprint density at radius 3 is 2.62 bits per heavy atom. The highest BCUT2D eigenvalue weighted by Crippen LogP contribution is 2.36. The third kappa shape index (κ3) is 4.55. The highest BCUT2D eigenvalue weighted by Gasteiger charge is 2.46. The molecule has 3 heterocycles. The van der Waals surface area contributed by atoms with Crippen molar-refractivity contribution >= 4 is 40.1 Å². The van der Waals surface area contributed by atoms with Crippen LogP contribution in [-0.2, 0) is 0 Å². The minimum atomic E-state index is -0.497. The van der Waals surface area contributed by atoms with Crippen LogP contribution in [0.15, 0.2) is 57.9 Å². The van der Waals surface area contributed by atoms with Crippen LogP contribution in [0.4, 0.5) is 23.1 Å². The Labute approximate surface area is 214 Å². The number of nitrogens with zero attached hydrogens (tertiary/aromatic N) is 3. The van der Waals surface area contributed by atoms with E-state index in [9.17, 15) is 9.59 Å². The summed E-state index contributed by atoms with van der Waals surface area (Å²) in [5.41, 5.74) is 10.2. The summed E-state index contributed by atoms with van der Waals surface area (Å²) >= 11 is 0. The number of nitrogens with two attached hydrogens (primary N) is 1. The van der Waals surface area contributed by atoms with Gasteiger partial charge in [-0.25, -0.2) is 9.78 Å². The van der Waals surface area contributed by atoms with Gasteiger partial charge in [-0.15, -0.1) is 0 Å². The third-order valence-electron chi connectivity index (χ3n) is 7.40. The third-order valence-corrected chi connectivity index (χ3v) is 7.40. The predicted molar refractivity (Wildman–Crippen MR) is 144 cm³/mol. The molecule has 10 nitrogen and oxygen atoms in total. The summed E-state index contributed by atoms with van der Waals surface area (Å²) in [6, 6.07) is 12.6. The number of likely N-dealkylation sites (tertiary alicyclic amines) is 1. The van der Waals surface area contributed by atoms with Gasteiger partial charge in [-0.1, -0.05) is 13.8 Å². The number of hydrogen-bond acceptors (Lipinski definition) is 8. The number of aromatic nitrogens is 3. The lowest BCUT2D eigenvalue weighted by atomic mass is 9.85. The molecule has 0 spiro atoms. The van der Waals surface area contributed by atoms with Gasteiger partial charge in [0.2, 0.25) is 5.95 Å². The molecule has 0 aliphatic carbocycles. The van der Waals surface area contributed by atoms with Crippen LogP contribution in [0.1, 0.15) is 49.0 Å². The molecule has 2 aromatic heterocycles. The highest BCUT2D eigenvalue weighted by molar-refractivity contribution is 5.95. The van der Waals surface area contributed by atoms with Gasteiger partial charge in [0.15, 0.2) is 5.58 Å². The summed E-state index contributed by atoms with van der Waals surface area (Å²) in [4.78, 5) is 38.3. The van der Waals surface area contributed by atoms with Gasteiger partial charge in [-0.2, -0.15) is 4.98 Å². The smallest absolute Gasteiger partial charge is 0.408 e. The molecule has 1 aliphatic rings. The van der Waals surface area contributed by atoms with E-state index in [0.717, 1.165) is 36.2 Å². The lowest BCUT2D eigenvalue weighted by molar-refractivity contribution is 0.0549. The number of anilines is 4. The van der Waals surface area contributed by atoms with Crippen molar-refractivity contribution in [2.45, 2.75) is 51.6 Å². The molecule has 1 fully saturated rings. The first-order chi connectivity index (χ1) is 17.8. The molecule has 1 atom stereocenters. The van der Waals surface area contributed by atoms with Crippen molar-refractivity contribution in [2.75, 3.05) is 17.2 Å². The molecule has 1 unspecified atom stereocenters. The van der Waals surface area contributed by atoms with E-state index in [1.807, 2.05) is 42.2 Å². The molecule has 37 heavy (non-hydrogen) atoms. The zero-order valence-electron chi connectivity index (χ0n) is 21.2. The first-order valence-electron chi connectivity index (χ1n) is 12.5. The maximum absolute atomic E-state index is 13.3. The van der Waals surface area contributed by atoms with Gasteiger partial charge in [0, 0.05) is 41.3 Å². The molecule has 10 heteroatoms. The van der Waals surface area contributed by atoms with Gasteiger partial charge in [-0.3, -0.25) is 9.78 Å². The number of hydrogen-bond donors (Lipinski definition) is 4. The predicted octanol–water partition coefficient (Wildman–Crippen LogP) is 4.44. The fourth-order valence-corrected chi connectivity index (χ4v) is 5.20. The molecule has 0 saturated carbocycles. The number of carbonyl (C=O) groups is 1. The normalized spacial score (nSPS) is 16.8. The van der Waals surface area contributed by atoms with Crippen molar-refractivity contribution < 1.29 is 9.21 Å². The van der Waals surface area contributed by atoms with Crippen LogP contribution in [0, 0.1) is 6.92 Å². The summed E-state index contributed by atoms with van der Waals surface area (Å²) < 4.78 is 5.06. The monoisotopic (exact) mass is 501 g/mol. The summed E-state index contributed by atoms with van der Waals surface area (Å²) in [5, 5.41) is 6.46. The largest absolute Gasteiger partial charge is 0.417 e. The van der Waals surface area contributed by atoms with E-state index in [-0.39, 0.29) is 17.5 Å². The van der Waals surface area contributed by atoms with Crippen LogP contribution >= 0.6 is 0 Å². The van der Waals surface area contributed by atoms with Crippen LogP contribution in [0.2, 0.25) is 0 Å². The molecule has 2 aromatic carbocycles. The molecule has 1 aliphatic heterocycles. The van der Waals surface area contributed by atoms with Crippen LogP contribution in [-0.4, -0.2) is 43.9 Å². The Bertz CT molecular complexity index is 1490. The second-order valence-electron chi connectivity index (χ2n) is 9.44. The molecule has 1 saturated heterocycles. The number of H-pyrrole nitrogens is 1. The van der Waals surface area contributed by atoms with E-state index in [2.05, 4.69) is 39.4 Å². The minimum absolute atomic E-state index is 0.00206. The molecular weight excluding hydrogens is 470 g/mol.